The van der Waals surface area contributed by atoms with Gasteiger partial charge in [0, 0.05) is 26.2 Å². The van der Waals surface area contributed by atoms with Crippen LogP contribution in [0.1, 0.15) is 17.5 Å². The molecule has 11 heteroatoms. The van der Waals surface area contributed by atoms with Crippen molar-refractivity contribution in [3.8, 4) is 0 Å². The number of benzene rings is 2. The van der Waals surface area contributed by atoms with E-state index in [4.69, 9.17) is 4.74 Å². The van der Waals surface area contributed by atoms with Crippen LogP contribution in [0.4, 0.5) is 0 Å². The fraction of sp³-hybridized carbons (Fsp3) is 0.391. The third-order valence-corrected chi connectivity index (χ3v) is 9.21. The molecule has 184 valence electrons. The minimum absolute atomic E-state index is 0.125. The number of nitrogens with zero attached hydrogens (tertiary/aromatic N) is 2. The molecule has 1 amide bonds. The Kier molecular flexibility index (Phi) is 8.11. The first-order valence-corrected chi connectivity index (χ1v) is 13.9. The predicted octanol–water partition coefficient (Wildman–Crippen LogP) is 1.54. The summed E-state index contributed by atoms with van der Waals surface area (Å²) in [5, 5.41) is 0. The lowest BCUT2D eigenvalue weighted by atomic mass is 10.2. The summed E-state index contributed by atoms with van der Waals surface area (Å²) in [7, 11) is -7.28. The molecule has 0 bridgehead atoms. The van der Waals surface area contributed by atoms with Crippen LogP contribution < -0.4 is 0 Å². The average molecular weight is 509 g/mol. The van der Waals surface area contributed by atoms with E-state index in [-0.39, 0.29) is 42.4 Å². The molecule has 1 saturated heterocycles. The van der Waals surface area contributed by atoms with Crippen molar-refractivity contribution >= 4 is 31.7 Å². The molecule has 0 unspecified atom stereocenters. The summed E-state index contributed by atoms with van der Waals surface area (Å²) in [6.45, 7) is 3.79. The highest BCUT2D eigenvalue weighted by molar-refractivity contribution is 7.91. The Hall–Kier alpha value is -2.76. The molecule has 1 heterocycles. The number of hydrogen-bond donors (Lipinski definition) is 0. The Morgan fingerprint density at radius 2 is 1.29 bits per heavy atom. The molecular weight excluding hydrogens is 480 g/mol. The second-order valence-electron chi connectivity index (χ2n) is 8.14. The molecule has 1 aliphatic rings. The smallest absolute Gasteiger partial charge is 0.307 e. The molecule has 2 aromatic carbocycles. The number of carbonyl (C=O) groups is 2. The zero-order valence-corrected chi connectivity index (χ0v) is 20.8. The number of hydrogen-bond acceptors (Lipinski definition) is 7. The van der Waals surface area contributed by atoms with Gasteiger partial charge in [-0.05, 0) is 38.1 Å². The van der Waals surface area contributed by atoms with Gasteiger partial charge in [-0.15, -0.1) is 0 Å². The number of amides is 1. The van der Waals surface area contributed by atoms with Crippen molar-refractivity contribution in [2.45, 2.75) is 30.1 Å². The molecule has 0 N–H and O–H groups in total. The highest BCUT2D eigenvalue weighted by Gasteiger charge is 2.30. The largest absolute Gasteiger partial charge is 0.456 e. The van der Waals surface area contributed by atoms with Gasteiger partial charge in [0.25, 0.3) is 5.91 Å². The lowest BCUT2D eigenvalue weighted by Gasteiger charge is -2.33. The van der Waals surface area contributed by atoms with E-state index < -0.39 is 44.1 Å². The molecule has 0 aromatic heterocycles. The van der Waals surface area contributed by atoms with Crippen molar-refractivity contribution in [3.05, 3.63) is 59.7 Å². The van der Waals surface area contributed by atoms with Crippen molar-refractivity contribution in [2.24, 2.45) is 0 Å². The van der Waals surface area contributed by atoms with Gasteiger partial charge in [-0.1, -0.05) is 35.4 Å². The zero-order valence-electron chi connectivity index (χ0n) is 19.1. The van der Waals surface area contributed by atoms with Crippen molar-refractivity contribution in [2.75, 3.05) is 38.5 Å². The minimum atomic E-state index is -3.65. The van der Waals surface area contributed by atoms with E-state index in [0.29, 0.717) is 0 Å². The van der Waals surface area contributed by atoms with E-state index in [9.17, 15) is 26.4 Å². The fourth-order valence-corrected chi connectivity index (χ4v) is 6.07. The molecule has 0 radical (unpaired) electrons. The summed E-state index contributed by atoms with van der Waals surface area (Å²) in [4.78, 5) is 26.1. The first-order chi connectivity index (χ1) is 16.0. The van der Waals surface area contributed by atoms with E-state index in [1.165, 1.54) is 21.3 Å². The first kappa shape index (κ1) is 25.9. The molecule has 34 heavy (non-hydrogen) atoms. The first-order valence-electron chi connectivity index (χ1n) is 10.8. The molecule has 0 spiro atoms. The predicted molar refractivity (Wildman–Crippen MR) is 125 cm³/mol. The van der Waals surface area contributed by atoms with E-state index >= 15 is 0 Å². The van der Waals surface area contributed by atoms with Crippen LogP contribution in [0.25, 0.3) is 0 Å². The maximum atomic E-state index is 12.8. The maximum Gasteiger partial charge on any atom is 0.307 e. The summed E-state index contributed by atoms with van der Waals surface area (Å²) in [5.41, 5.74) is 1.88. The molecule has 2 aromatic rings. The molecule has 1 fully saturated rings. The van der Waals surface area contributed by atoms with Gasteiger partial charge in [0.15, 0.2) is 16.4 Å². The molecule has 3 rings (SSSR count). The summed E-state index contributed by atoms with van der Waals surface area (Å²) in [6.07, 6.45) is -0.369. The van der Waals surface area contributed by atoms with Crippen molar-refractivity contribution in [3.63, 3.8) is 0 Å². The van der Waals surface area contributed by atoms with Crippen LogP contribution in [0.5, 0.6) is 0 Å². The highest BCUT2D eigenvalue weighted by Crippen LogP contribution is 2.18. The van der Waals surface area contributed by atoms with Crippen LogP contribution in [0, 0.1) is 13.8 Å². The third kappa shape index (κ3) is 6.43. The van der Waals surface area contributed by atoms with Gasteiger partial charge in [-0.25, -0.2) is 16.8 Å². The summed E-state index contributed by atoms with van der Waals surface area (Å²) >= 11 is 0. The van der Waals surface area contributed by atoms with Gasteiger partial charge in [-0.2, -0.15) is 4.31 Å². The van der Waals surface area contributed by atoms with E-state index in [2.05, 4.69) is 0 Å². The number of sulfone groups is 1. The van der Waals surface area contributed by atoms with Crippen LogP contribution >= 0.6 is 0 Å². The van der Waals surface area contributed by atoms with E-state index in [1.54, 1.807) is 36.4 Å². The van der Waals surface area contributed by atoms with Crippen LogP contribution in [-0.4, -0.2) is 76.5 Å². The molecule has 0 atom stereocenters. The van der Waals surface area contributed by atoms with Crippen LogP contribution in [0.3, 0.4) is 0 Å². The standard InChI is InChI=1S/C23H28N2O7S2/c1-18-3-7-20(8-4-18)33(28,29)16-11-23(27)32-17-22(26)24-12-14-25(15-13-24)34(30,31)21-9-5-19(2)6-10-21/h3-10H,11-17H2,1-2H3. The van der Waals surface area contributed by atoms with Crippen molar-refractivity contribution in [1.29, 1.82) is 0 Å². The van der Waals surface area contributed by atoms with Crippen LogP contribution in [-0.2, 0) is 34.2 Å². The van der Waals surface area contributed by atoms with Gasteiger partial charge < -0.3 is 9.64 Å². The highest BCUT2D eigenvalue weighted by atomic mass is 32.2. The normalized spacial score (nSPS) is 15.2. The number of piperazine rings is 1. The summed E-state index contributed by atoms with van der Waals surface area (Å²) in [5.74, 6) is -1.66. The summed E-state index contributed by atoms with van der Waals surface area (Å²) < 4.78 is 56.5. The minimum Gasteiger partial charge on any atom is -0.456 e. The number of sulfonamides is 1. The Balaban J connectivity index is 1.44. The number of rotatable bonds is 8. The SMILES string of the molecule is Cc1ccc(S(=O)(=O)CCC(=O)OCC(=O)N2CCN(S(=O)(=O)c3ccc(C)cc3)CC2)cc1. The maximum absolute atomic E-state index is 12.8. The average Bonchev–Trinajstić information content (AvgIpc) is 2.82. The monoisotopic (exact) mass is 508 g/mol. The van der Waals surface area contributed by atoms with Gasteiger partial charge in [0.05, 0.1) is 22.0 Å². The lowest BCUT2D eigenvalue weighted by Crippen LogP contribution is -2.51. The Labute approximate surface area is 200 Å². The van der Waals surface area contributed by atoms with E-state index in [0.717, 1.165) is 11.1 Å². The fourth-order valence-electron chi connectivity index (χ4n) is 3.42. The Bertz CT molecular complexity index is 1230. The van der Waals surface area contributed by atoms with Gasteiger partial charge >= 0.3 is 5.97 Å². The summed E-state index contributed by atoms with van der Waals surface area (Å²) in [6, 6.07) is 12.9. The van der Waals surface area contributed by atoms with Gasteiger partial charge in [0.2, 0.25) is 10.0 Å². The van der Waals surface area contributed by atoms with Crippen LogP contribution in [0.15, 0.2) is 58.3 Å². The van der Waals surface area contributed by atoms with Crippen molar-refractivity contribution in [1.82, 2.24) is 9.21 Å². The van der Waals surface area contributed by atoms with Crippen LogP contribution in [0.2, 0.25) is 0 Å². The molecule has 1 aliphatic heterocycles. The second-order valence-corrected chi connectivity index (χ2v) is 12.2. The zero-order chi connectivity index (χ0) is 24.9. The lowest BCUT2D eigenvalue weighted by molar-refractivity contribution is -0.152. The van der Waals surface area contributed by atoms with Crippen molar-refractivity contribution < 1.29 is 31.2 Å². The molecule has 0 saturated carbocycles. The quantitative estimate of drug-likeness (QED) is 0.497. The molecule has 9 nitrogen and oxygen atoms in total. The third-order valence-electron chi connectivity index (χ3n) is 5.56. The van der Waals surface area contributed by atoms with Gasteiger partial charge in [0.1, 0.15) is 0 Å². The Morgan fingerprint density at radius 1 is 0.794 bits per heavy atom. The molecular formula is C23H28N2O7S2. The van der Waals surface area contributed by atoms with E-state index in [1.807, 2.05) is 13.8 Å². The number of esters is 1. The number of ether oxygens (including phenoxy) is 1. The molecule has 0 aliphatic carbocycles. The number of carbonyl (C=O) groups excluding carboxylic acids is 2. The Morgan fingerprint density at radius 3 is 1.82 bits per heavy atom. The topological polar surface area (TPSA) is 118 Å². The second kappa shape index (κ2) is 10.7. The number of aryl methyl sites for hydroxylation is 2. The van der Waals surface area contributed by atoms with Gasteiger partial charge in [-0.3, -0.25) is 9.59 Å².